The highest BCUT2D eigenvalue weighted by atomic mass is 16.2. The smallest absolute Gasteiger partial charge is 0.227 e. The van der Waals surface area contributed by atoms with Crippen LogP contribution in [0.25, 0.3) is 0 Å². The molecule has 1 aliphatic rings. The number of benzene rings is 2. The van der Waals surface area contributed by atoms with Crippen LogP contribution >= 0.6 is 0 Å². The van der Waals surface area contributed by atoms with Crippen LogP contribution in [-0.2, 0) is 17.8 Å². The van der Waals surface area contributed by atoms with Crippen molar-refractivity contribution in [3.05, 3.63) is 65.2 Å². The minimum atomic E-state index is 0.155. The zero-order chi connectivity index (χ0) is 14.7. The zero-order valence-corrected chi connectivity index (χ0v) is 11.7. The van der Waals surface area contributed by atoms with Crippen molar-refractivity contribution < 1.29 is 4.79 Å². The van der Waals surface area contributed by atoms with E-state index >= 15 is 0 Å². The standard InChI is InChI=1S/C18H16N2O/c19-12-14-5-3-6-15(11-14)13-20-17-9-2-1-7-16(17)8-4-10-18(20)21/h1-3,5-7,9,11H,4,8,10,13H2. The van der Waals surface area contributed by atoms with Crippen LogP contribution in [0.2, 0.25) is 0 Å². The van der Waals surface area contributed by atoms with E-state index in [1.165, 1.54) is 5.56 Å². The van der Waals surface area contributed by atoms with Gasteiger partial charge in [-0.2, -0.15) is 5.26 Å². The Bertz CT molecular complexity index is 715. The monoisotopic (exact) mass is 276 g/mol. The van der Waals surface area contributed by atoms with Crippen LogP contribution in [0.15, 0.2) is 48.5 Å². The van der Waals surface area contributed by atoms with Gasteiger partial charge < -0.3 is 4.90 Å². The maximum absolute atomic E-state index is 12.4. The van der Waals surface area contributed by atoms with E-state index in [2.05, 4.69) is 12.1 Å². The molecule has 0 aliphatic carbocycles. The molecule has 0 atom stereocenters. The number of amides is 1. The number of rotatable bonds is 2. The van der Waals surface area contributed by atoms with Crippen LogP contribution in [0, 0.1) is 11.3 Å². The van der Waals surface area contributed by atoms with Gasteiger partial charge in [0.25, 0.3) is 0 Å². The average molecular weight is 276 g/mol. The van der Waals surface area contributed by atoms with Gasteiger partial charge in [0.15, 0.2) is 0 Å². The minimum absolute atomic E-state index is 0.155. The maximum Gasteiger partial charge on any atom is 0.227 e. The van der Waals surface area contributed by atoms with Crippen molar-refractivity contribution >= 4 is 11.6 Å². The topological polar surface area (TPSA) is 44.1 Å². The van der Waals surface area contributed by atoms with Gasteiger partial charge in [-0.1, -0.05) is 30.3 Å². The number of nitrogens with zero attached hydrogens (tertiary/aromatic N) is 2. The lowest BCUT2D eigenvalue weighted by Crippen LogP contribution is -2.29. The highest BCUT2D eigenvalue weighted by Gasteiger charge is 2.21. The third-order valence-electron chi connectivity index (χ3n) is 3.82. The summed E-state index contributed by atoms with van der Waals surface area (Å²) in [5.74, 6) is 0.155. The number of fused-ring (bicyclic) bond motifs is 1. The number of para-hydroxylation sites is 1. The molecule has 0 saturated heterocycles. The van der Waals surface area contributed by atoms with Crippen LogP contribution < -0.4 is 4.90 Å². The van der Waals surface area contributed by atoms with E-state index in [1.807, 2.05) is 41.3 Å². The number of carbonyl (C=O) groups excluding carboxylic acids is 1. The Kier molecular flexibility index (Phi) is 3.70. The van der Waals surface area contributed by atoms with Gasteiger partial charge in [-0.05, 0) is 42.2 Å². The summed E-state index contributed by atoms with van der Waals surface area (Å²) in [4.78, 5) is 14.2. The largest absolute Gasteiger partial charge is 0.308 e. The first-order chi connectivity index (χ1) is 10.3. The zero-order valence-electron chi connectivity index (χ0n) is 11.7. The fraction of sp³-hybridized carbons (Fsp3) is 0.222. The molecule has 1 amide bonds. The molecule has 1 heterocycles. The average Bonchev–Trinajstić information content (AvgIpc) is 2.68. The molecule has 2 aromatic rings. The second kappa shape index (κ2) is 5.80. The summed E-state index contributed by atoms with van der Waals surface area (Å²) in [6, 6.07) is 17.7. The van der Waals surface area contributed by atoms with E-state index in [0.29, 0.717) is 18.5 Å². The molecule has 0 aromatic heterocycles. The summed E-state index contributed by atoms with van der Waals surface area (Å²) in [6.45, 7) is 0.519. The summed E-state index contributed by atoms with van der Waals surface area (Å²) in [6.07, 6.45) is 2.41. The van der Waals surface area contributed by atoms with Gasteiger partial charge in [0.1, 0.15) is 0 Å². The molecule has 0 spiro atoms. The first-order valence-corrected chi connectivity index (χ1v) is 7.15. The Morgan fingerprint density at radius 2 is 1.95 bits per heavy atom. The molecule has 3 nitrogen and oxygen atoms in total. The van der Waals surface area contributed by atoms with Crippen molar-refractivity contribution in [3.8, 4) is 6.07 Å². The molecule has 21 heavy (non-hydrogen) atoms. The van der Waals surface area contributed by atoms with Gasteiger partial charge >= 0.3 is 0 Å². The molecule has 0 N–H and O–H groups in total. The van der Waals surface area contributed by atoms with Crippen LogP contribution in [-0.4, -0.2) is 5.91 Å². The van der Waals surface area contributed by atoms with Gasteiger partial charge in [-0.3, -0.25) is 4.79 Å². The number of hydrogen-bond acceptors (Lipinski definition) is 2. The Labute approximate surface area is 124 Å². The third kappa shape index (κ3) is 2.80. The molecule has 2 aromatic carbocycles. The molecule has 104 valence electrons. The fourth-order valence-electron chi connectivity index (χ4n) is 2.78. The first-order valence-electron chi connectivity index (χ1n) is 7.15. The van der Waals surface area contributed by atoms with Gasteiger partial charge in [0.2, 0.25) is 5.91 Å². The lowest BCUT2D eigenvalue weighted by molar-refractivity contribution is -0.118. The third-order valence-corrected chi connectivity index (χ3v) is 3.82. The summed E-state index contributed by atoms with van der Waals surface area (Å²) in [7, 11) is 0. The molecular formula is C18H16N2O. The molecule has 1 aliphatic heterocycles. The van der Waals surface area contributed by atoms with Crippen molar-refractivity contribution in [2.75, 3.05) is 4.90 Å². The van der Waals surface area contributed by atoms with Crippen molar-refractivity contribution in [1.29, 1.82) is 5.26 Å². The second-order valence-corrected chi connectivity index (χ2v) is 5.27. The van der Waals surface area contributed by atoms with E-state index in [0.717, 1.165) is 24.1 Å². The molecule has 3 rings (SSSR count). The van der Waals surface area contributed by atoms with Crippen molar-refractivity contribution in [2.24, 2.45) is 0 Å². The molecular weight excluding hydrogens is 260 g/mol. The predicted molar refractivity (Wildman–Crippen MR) is 81.7 cm³/mol. The number of carbonyl (C=O) groups is 1. The Morgan fingerprint density at radius 3 is 2.81 bits per heavy atom. The predicted octanol–water partition coefficient (Wildman–Crippen LogP) is 3.43. The quantitative estimate of drug-likeness (QED) is 0.843. The van der Waals surface area contributed by atoms with Gasteiger partial charge in [-0.25, -0.2) is 0 Å². The summed E-state index contributed by atoms with van der Waals surface area (Å²) < 4.78 is 0. The molecule has 0 radical (unpaired) electrons. The van der Waals surface area contributed by atoms with Gasteiger partial charge in [0, 0.05) is 12.1 Å². The fourth-order valence-corrected chi connectivity index (χ4v) is 2.78. The first kappa shape index (κ1) is 13.4. The van der Waals surface area contributed by atoms with E-state index in [-0.39, 0.29) is 5.91 Å². The SMILES string of the molecule is N#Cc1cccc(CN2C(=O)CCCc3ccccc32)c1. The van der Waals surface area contributed by atoms with E-state index < -0.39 is 0 Å². The minimum Gasteiger partial charge on any atom is -0.308 e. The number of aryl methyl sites for hydroxylation is 1. The summed E-state index contributed by atoms with van der Waals surface area (Å²) in [5, 5.41) is 8.99. The molecule has 0 saturated carbocycles. The maximum atomic E-state index is 12.4. The van der Waals surface area contributed by atoms with Crippen LogP contribution in [0.3, 0.4) is 0 Å². The van der Waals surface area contributed by atoms with Crippen LogP contribution in [0.4, 0.5) is 5.69 Å². The van der Waals surface area contributed by atoms with Gasteiger partial charge in [0.05, 0.1) is 18.2 Å². The second-order valence-electron chi connectivity index (χ2n) is 5.27. The normalized spacial score (nSPS) is 14.2. The molecule has 3 heteroatoms. The lowest BCUT2D eigenvalue weighted by atomic mass is 10.1. The molecule has 0 bridgehead atoms. The Hall–Kier alpha value is -2.60. The van der Waals surface area contributed by atoms with Crippen molar-refractivity contribution in [1.82, 2.24) is 0 Å². The van der Waals surface area contributed by atoms with Crippen molar-refractivity contribution in [2.45, 2.75) is 25.8 Å². The molecule has 0 fully saturated rings. The van der Waals surface area contributed by atoms with Gasteiger partial charge in [-0.15, -0.1) is 0 Å². The number of hydrogen-bond donors (Lipinski definition) is 0. The van der Waals surface area contributed by atoms with Crippen LogP contribution in [0.5, 0.6) is 0 Å². The Balaban J connectivity index is 1.96. The van der Waals surface area contributed by atoms with E-state index in [1.54, 1.807) is 6.07 Å². The van der Waals surface area contributed by atoms with E-state index in [9.17, 15) is 4.79 Å². The molecule has 0 unspecified atom stereocenters. The lowest BCUT2D eigenvalue weighted by Gasteiger charge is -2.23. The number of anilines is 1. The highest BCUT2D eigenvalue weighted by Crippen LogP contribution is 2.28. The Morgan fingerprint density at radius 1 is 1.10 bits per heavy atom. The van der Waals surface area contributed by atoms with Crippen LogP contribution in [0.1, 0.15) is 29.5 Å². The number of nitriles is 1. The van der Waals surface area contributed by atoms with E-state index in [4.69, 9.17) is 5.26 Å². The summed E-state index contributed by atoms with van der Waals surface area (Å²) in [5.41, 5.74) is 3.84. The van der Waals surface area contributed by atoms with Crippen molar-refractivity contribution in [3.63, 3.8) is 0 Å². The highest BCUT2D eigenvalue weighted by molar-refractivity contribution is 5.94. The summed E-state index contributed by atoms with van der Waals surface area (Å²) >= 11 is 0.